The fourth-order valence-corrected chi connectivity index (χ4v) is 3.95. The maximum absolute atomic E-state index is 12.1. The Morgan fingerprint density at radius 2 is 1.47 bits per heavy atom. The zero-order chi connectivity index (χ0) is 24.7. The summed E-state index contributed by atoms with van der Waals surface area (Å²) in [5, 5.41) is 16.3. The standard InChI is InChI=1S/C25H29N3O6/c1-3-15(2)23(24(31)32)28-22(30)13-26-21(29)12-27-25(33)34-14-20-18-10-6-4-8-16(18)17-9-5-7-11-19(17)20/h4-11,15,20,23H,3,12-14H2,1-2H3,(H,26,29)(H,27,33)(H,28,30)(H,31,32)/t15?,23-/m0/s1. The summed E-state index contributed by atoms with van der Waals surface area (Å²) in [6.07, 6.45) is -0.169. The van der Waals surface area contributed by atoms with Crippen LogP contribution in [0.25, 0.3) is 11.1 Å². The second-order valence-corrected chi connectivity index (χ2v) is 8.22. The second-order valence-electron chi connectivity index (χ2n) is 8.22. The molecule has 0 saturated heterocycles. The van der Waals surface area contributed by atoms with Gasteiger partial charge in [-0.3, -0.25) is 9.59 Å². The third kappa shape index (κ3) is 5.92. The van der Waals surface area contributed by atoms with Crippen molar-refractivity contribution >= 4 is 23.9 Å². The molecule has 3 amide bonds. The minimum atomic E-state index is -1.13. The van der Waals surface area contributed by atoms with Crippen molar-refractivity contribution in [2.24, 2.45) is 5.92 Å². The van der Waals surface area contributed by atoms with E-state index in [1.807, 2.05) is 55.5 Å². The molecule has 0 aliphatic heterocycles. The minimum absolute atomic E-state index is 0.0941. The van der Waals surface area contributed by atoms with Crippen molar-refractivity contribution in [2.75, 3.05) is 19.7 Å². The van der Waals surface area contributed by atoms with Gasteiger partial charge in [-0.05, 0) is 28.2 Å². The maximum Gasteiger partial charge on any atom is 0.407 e. The van der Waals surface area contributed by atoms with Gasteiger partial charge in [0.1, 0.15) is 19.2 Å². The van der Waals surface area contributed by atoms with Gasteiger partial charge in [-0.25, -0.2) is 9.59 Å². The first-order valence-corrected chi connectivity index (χ1v) is 11.2. The maximum atomic E-state index is 12.1. The lowest BCUT2D eigenvalue weighted by Crippen LogP contribution is -2.49. The summed E-state index contributed by atoms with van der Waals surface area (Å²) in [5.74, 6) is -2.71. The Kier molecular flexibility index (Phi) is 8.24. The van der Waals surface area contributed by atoms with Gasteiger partial charge in [0.25, 0.3) is 0 Å². The fraction of sp³-hybridized carbons (Fsp3) is 0.360. The Labute approximate surface area is 197 Å². The van der Waals surface area contributed by atoms with E-state index >= 15 is 0 Å². The van der Waals surface area contributed by atoms with Crippen LogP contribution >= 0.6 is 0 Å². The van der Waals surface area contributed by atoms with Crippen molar-refractivity contribution in [3.8, 4) is 11.1 Å². The van der Waals surface area contributed by atoms with Gasteiger partial charge < -0.3 is 25.8 Å². The fourth-order valence-electron chi connectivity index (χ4n) is 3.95. The van der Waals surface area contributed by atoms with Crippen molar-refractivity contribution in [3.05, 3.63) is 59.7 Å². The Hall–Kier alpha value is -3.88. The summed E-state index contributed by atoms with van der Waals surface area (Å²) in [7, 11) is 0. The summed E-state index contributed by atoms with van der Waals surface area (Å²) in [4.78, 5) is 47.4. The van der Waals surface area contributed by atoms with Crippen LogP contribution in [0, 0.1) is 5.92 Å². The Balaban J connectivity index is 1.43. The number of carboxylic acids is 1. The molecular weight excluding hydrogens is 438 g/mol. The van der Waals surface area contributed by atoms with Gasteiger partial charge in [-0.2, -0.15) is 0 Å². The summed E-state index contributed by atoms with van der Waals surface area (Å²) >= 11 is 0. The number of aliphatic carboxylic acids is 1. The topological polar surface area (TPSA) is 134 Å². The molecule has 4 N–H and O–H groups in total. The third-order valence-electron chi connectivity index (χ3n) is 5.98. The highest BCUT2D eigenvalue weighted by molar-refractivity contribution is 5.89. The van der Waals surface area contributed by atoms with Gasteiger partial charge in [0.05, 0.1) is 6.54 Å². The van der Waals surface area contributed by atoms with E-state index < -0.39 is 36.5 Å². The normalized spacial score (nSPS) is 13.7. The number of carbonyl (C=O) groups is 4. The van der Waals surface area contributed by atoms with Gasteiger partial charge in [0.15, 0.2) is 0 Å². The number of benzene rings is 2. The van der Waals surface area contributed by atoms with Gasteiger partial charge in [0.2, 0.25) is 11.8 Å². The number of alkyl carbamates (subject to hydrolysis) is 1. The number of carboxylic acid groups (broad SMARTS) is 1. The van der Waals surface area contributed by atoms with E-state index in [1.54, 1.807) is 6.92 Å². The van der Waals surface area contributed by atoms with E-state index in [9.17, 15) is 24.3 Å². The molecule has 1 unspecified atom stereocenters. The second kappa shape index (κ2) is 11.3. The number of hydrogen-bond acceptors (Lipinski definition) is 5. The third-order valence-corrected chi connectivity index (χ3v) is 5.98. The Bertz CT molecular complexity index is 1020. The number of fused-ring (bicyclic) bond motifs is 3. The van der Waals surface area contributed by atoms with Crippen molar-refractivity contribution < 1.29 is 29.0 Å². The first kappa shape index (κ1) is 24.8. The van der Waals surface area contributed by atoms with Crippen LogP contribution in [0.3, 0.4) is 0 Å². The molecule has 9 heteroatoms. The lowest BCUT2D eigenvalue weighted by molar-refractivity contribution is -0.143. The van der Waals surface area contributed by atoms with Crippen LogP contribution in [-0.2, 0) is 19.1 Å². The smallest absolute Gasteiger partial charge is 0.407 e. The number of ether oxygens (including phenoxy) is 1. The average Bonchev–Trinajstić information content (AvgIpc) is 3.16. The highest BCUT2D eigenvalue weighted by Crippen LogP contribution is 2.44. The van der Waals surface area contributed by atoms with Crippen molar-refractivity contribution in [1.29, 1.82) is 0 Å². The molecule has 34 heavy (non-hydrogen) atoms. The predicted octanol–water partition coefficient (Wildman–Crippen LogP) is 2.26. The van der Waals surface area contributed by atoms with Crippen molar-refractivity contribution in [2.45, 2.75) is 32.2 Å². The van der Waals surface area contributed by atoms with Gasteiger partial charge >= 0.3 is 12.1 Å². The number of rotatable bonds is 10. The quantitative estimate of drug-likeness (QED) is 0.424. The zero-order valence-electron chi connectivity index (χ0n) is 19.2. The summed E-state index contributed by atoms with van der Waals surface area (Å²) < 4.78 is 5.36. The van der Waals surface area contributed by atoms with Crippen LogP contribution in [0.15, 0.2) is 48.5 Å². The average molecular weight is 468 g/mol. The van der Waals surface area contributed by atoms with Gasteiger partial charge in [-0.1, -0.05) is 68.8 Å². The molecule has 3 rings (SSSR count). The van der Waals surface area contributed by atoms with Crippen molar-refractivity contribution in [1.82, 2.24) is 16.0 Å². The molecule has 0 radical (unpaired) electrons. The van der Waals surface area contributed by atoms with Crippen LogP contribution in [0.4, 0.5) is 4.79 Å². The van der Waals surface area contributed by atoms with Crippen molar-refractivity contribution in [3.63, 3.8) is 0 Å². The Morgan fingerprint density at radius 1 is 0.912 bits per heavy atom. The molecule has 0 spiro atoms. The number of nitrogens with one attached hydrogen (secondary N) is 3. The molecule has 0 saturated carbocycles. The van der Waals surface area contributed by atoms with E-state index in [0.29, 0.717) is 6.42 Å². The molecule has 0 heterocycles. The summed E-state index contributed by atoms with van der Waals surface area (Å²) in [6.45, 7) is 2.89. The molecule has 2 atom stereocenters. The van der Waals surface area contributed by atoms with Crippen LogP contribution in [-0.4, -0.2) is 54.7 Å². The van der Waals surface area contributed by atoms with E-state index in [0.717, 1.165) is 22.3 Å². The predicted molar refractivity (Wildman–Crippen MR) is 125 cm³/mol. The van der Waals surface area contributed by atoms with Crippen LogP contribution < -0.4 is 16.0 Å². The highest BCUT2D eigenvalue weighted by Gasteiger charge is 2.29. The van der Waals surface area contributed by atoms with E-state index in [1.165, 1.54) is 0 Å². The molecule has 2 aromatic rings. The summed E-state index contributed by atoms with van der Waals surface area (Å²) in [5.41, 5.74) is 4.39. The SMILES string of the molecule is CCC(C)[C@H](NC(=O)CNC(=O)CNC(=O)OCC1c2ccccc2-c2ccccc21)C(=O)O. The van der Waals surface area contributed by atoms with E-state index in [4.69, 9.17) is 4.74 Å². The van der Waals surface area contributed by atoms with Crippen LogP contribution in [0.5, 0.6) is 0 Å². The molecule has 1 aliphatic rings. The lowest BCUT2D eigenvalue weighted by atomic mass is 9.98. The van der Waals surface area contributed by atoms with Crippen LogP contribution in [0.2, 0.25) is 0 Å². The summed E-state index contributed by atoms with van der Waals surface area (Å²) in [6, 6.07) is 14.9. The van der Waals surface area contributed by atoms with E-state index in [2.05, 4.69) is 16.0 Å². The Morgan fingerprint density at radius 3 is 2.03 bits per heavy atom. The molecule has 2 aromatic carbocycles. The number of amides is 3. The monoisotopic (exact) mass is 467 g/mol. The molecule has 1 aliphatic carbocycles. The lowest BCUT2D eigenvalue weighted by Gasteiger charge is -2.20. The van der Waals surface area contributed by atoms with Gasteiger partial charge in [-0.15, -0.1) is 0 Å². The minimum Gasteiger partial charge on any atom is -0.480 e. The number of hydrogen-bond donors (Lipinski definition) is 4. The molecule has 0 aromatic heterocycles. The molecule has 9 nitrogen and oxygen atoms in total. The van der Waals surface area contributed by atoms with E-state index in [-0.39, 0.29) is 25.0 Å². The molecule has 0 bridgehead atoms. The largest absolute Gasteiger partial charge is 0.480 e. The number of carbonyl (C=O) groups excluding carboxylic acids is 3. The van der Waals surface area contributed by atoms with Crippen LogP contribution in [0.1, 0.15) is 37.3 Å². The highest BCUT2D eigenvalue weighted by atomic mass is 16.5. The first-order chi connectivity index (χ1) is 16.3. The molecular formula is C25H29N3O6. The molecule has 0 fully saturated rings. The zero-order valence-corrected chi connectivity index (χ0v) is 19.2. The van der Waals surface area contributed by atoms with Gasteiger partial charge in [0, 0.05) is 5.92 Å². The molecule has 180 valence electrons. The first-order valence-electron chi connectivity index (χ1n) is 11.2.